The van der Waals surface area contributed by atoms with Crippen LogP contribution in [0.3, 0.4) is 0 Å². The van der Waals surface area contributed by atoms with Crippen molar-refractivity contribution >= 4 is 72.5 Å². The van der Waals surface area contributed by atoms with Crippen LogP contribution in [-0.2, 0) is 5.41 Å². The van der Waals surface area contributed by atoms with Gasteiger partial charge in [0, 0.05) is 16.8 Å². The third-order valence-corrected chi connectivity index (χ3v) is 9.37. The number of anilines is 3. The van der Waals surface area contributed by atoms with Crippen LogP contribution < -0.4 is 21.3 Å². The highest BCUT2D eigenvalue weighted by Gasteiger charge is 2.42. The van der Waals surface area contributed by atoms with Crippen molar-refractivity contribution in [3.63, 3.8) is 0 Å². The number of benzene rings is 7. The summed E-state index contributed by atoms with van der Waals surface area (Å²) in [7, 11) is 0. The van der Waals surface area contributed by atoms with E-state index in [1.165, 1.54) is 82.5 Å². The van der Waals surface area contributed by atoms with Gasteiger partial charge < -0.3 is 4.90 Å². The second-order valence-corrected chi connectivity index (χ2v) is 12.6. The molecule has 1 nitrogen and oxygen atoms in total. The summed E-state index contributed by atoms with van der Waals surface area (Å²) >= 11 is 0. The van der Waals surface area contributed by atoms with Crippen LogP contribution in [0.5, 0.6) is 0 Å². The van der Waals surface area contributed by atoms with Gasteiger partial charge in [-0.1, -0.05) is 123 Å². The first kappa shape index (κ1) is 22.3. The molecule has 0 N–H and O–H groups in total. The molecule has 7 aromatic carbocycles. The van der Waals surface area contributed by atoms with Crippen LogP contribution >= 0.6 is 0 Å². The molecule has 2 heterocycles. The van der Waals surface area contributed by atoms with Crippen LogP contribution in [0.4, 0.5) is 17.1 Å². The van der Waals surface area contributed by atoms with Gasteiger partial charge in [-0.2, -0.15) is 0 Å². The van der Waals surface area contributed by atoms with E-state index in [0.29, 0.717) is 0 Å². The van der Waals surface area contributed by atoms with E-state index in [2.05, 4.69) is 141 Å². The van der Waals surface area contributed by atoms with Crippen molar-refractivity contribution in [1.29, 1.82) is 0 Å². The fourth-order valence-electron chi connectivity index (χ4n) is 7.52. The molecule has 188 valence electrons. The lowest BCUT2D eigenvalue weighted by atomic mass is 9.37. The fourth-order valence-corrected chi connectivity index (χ4v) is 7.52. The van der Waals surface area contributed by atoms with Crippen molar-refractivity contribution in [2.24, 2.45) is 0 Å². The second-order valence-electron chi connectivity index (χ2n) is 12.6. The Labute approximate surface area is 235 Å². The summed E-state index contributed by atoms with van der Waals surface area (Å²) in [6.45, 7) is 7.20. The molecule has 0 aromatic heterocycles. The quantitative estimate of drug-likeness (QED) is 0.159. The first-order valence-electron chi connectivity index (χ1n) is 14.3. The molecule has 0 atom stereocenters. The largest absolute Gasteiger partial charge is 0.311 e. The molecular weight excluding hydrogens is 481 g/mol. The Kier molecular flexibility index (Phi) is 4.20. The van der Waals surface area contributed by atoms with E-state index >= 15 is 0 Å². The average Bonchev–Trinajstić information content (AvgIpc) is 3.31. The minimum absolute atomic E-state index is 0.0742. The van der Waals surface area contributed by atoms with Gasteiger partial charge in [0.15, 0.2) is 0 Å². The zero-order valence-electron chi connectivity index (χ0n) is 23.0. The summed E-state index contributed by atoms with van der Waals surface area (Å²) in [5, 5.41) is 7.93. The normalized spacial score (nSPS) is 13.8. The molecule has 0 saturated heterocycles. The van der Waals surface area contributed by atoms with E-state index in [-0.39, 0.29) is 12.1 Å². The highest BCUT2D eigenvalue weighted by Crippen LogP contribution is 2.46. The summed E-state index contributed by atoms with van der Waals surface area (Å²) in [6.07, 6.45) is 0. The lowest BCUT2D eigenvalue weighted by molar-refractivity contribution is 0.591. The lowest BCUT2D eigenvalue weighted by Gasteiger charge is -2.37. The zero-order valence-corrected chi connectivity index (χ0v) is 23.0. The molecule has 2 heteroatoms. The summed E-state index contributed by atoms with van der Waals surface area (Å²) in [5.74, 6) is 0. The van der Waals surface area contributed by atoms with Crippen molar-refractivity contribution in [2.75, 3.05) is 4.90 Å². The molecule has 2 aliphatic rings. The number of rotatable bonds is 1. The van der Waals surface area contributed by atoms with Gasteiger partial charge in [-0.15, -0.1) is 0 Å². The summed E-state index contributed by atoms with van der Waals surface area (Å²) in [6, 6.07) is 43.6. The van der Waals surface area contributed by atoms with Gasteiger partial charge in [-0.25, -0.2) is 0 Å². The Hall–Kier alpha value is -4.56. The van der Waals surface area contributed by atoms with Crippen LogP contribution in [0.15, 0.2) is 115 Å². The molecule has 0 unspecified atom stereocenters. The minimum atomic E-state index is 0.0742. The van der Waals surface area contributed by atoms with E-state index in [1.807, 2.05) is 0 Å². The van der Waals surface area contributed by atoms with Crippen LogP contribution in [-0.4, -0.2) is 6.71 Å². The van der Waals surface area contributed by atoms with Gasteiger partial charge >= 0.3 is 0 Å². The third kappa shape index (κ3) is 2.78. The maximum atomic E-state index is 2.55. The molecule has 40 heavy (non-hydrogen) atoms. The number of fused-ring (bicyclic) bond motifs is 5. The molecule has 0 spiro atoms. The van der Waals surface area contributed by atoms with E-state index < -0.39 is 0 Å². The van der Waals surface area contributed by atoms with E-state index in [1.54, 1.807) is 0 Å². The Bertz CT molecular complexity index is 2150. The molecule has 0 aliphatic carbocycles. The van der Waals surface area contributed by atoms with Crippen LogP contribution in [0, 0.1) is 0 Å². The first-order chi connectivity index (χ1) is 19.5. The van der Waals surface area contributed by atoms with Gasteiger partial charge in [-0.3, -0.25) is 0 Å². The van der Waals surface area contributed by atoms with Crippen molar-refractivity contribution in [3.8, 4) is 11.1 Å². The monoisotopic (exact) mass is 509 g/mol. The third-order valence-electron chi connectivity index (χ3n) is 9.37. The van der Waals surface area contributed by atoms with Gasteiger partial charge in [-0.05, 0) is 78.2 Å². The highest BCUT2D eigenvalue weighted by molar-refractivity contribution is 7.01. The zero-order chi connectivity index (χ0) is 26.7. The molecular formula is C38H28BN. The predicted molar refractivity (Wildman–Crippen MR) is 174 cm³/mol. The molecule has 2 aliphatic heterocycles. The molecule has 0 bridgehead atoms. The van der Waals surface area contributed by atoms with Gasteiger partial charge in [0.25, 0.3) is 0 Å². The topological polar surface area (TPSA) is 3.24 Å². The molecule has 9 rings (SSSR count). The van der Waals surface area contributed by atoms with E-state index in [4.69, 9.17) is 0 Å². The Morgan fingerprint density at radius 2 is 1.20 bits per heavy atom. The maximum Gasteiger partial charge on any atom is 0.248 e. The number of nitrogens with zero attached hydrogens (tertiary/aromatic N) is 1. The predicted octanol–water partition coefficient (Wildman–Crippen LogP) is 8.16. The van der Waals surface area contributed by atoms with Crippen molar-refractivity contribution in [3.05, 3.63) is 121 Å². The summed E-state index contributed by atoms with van der Waals surface area (Å²) in [4.78, 5) is 2.55. The highest BCUT2D eigenvalue weighted by atomic mass is 15.2. The van der Waals surface area contributed by atoms with Crippen LogP contribution in [0.2, 0.25) is 0 Å². The molecule has 0 amide bonds. The molecule has 0 fully saturated rings. The van der Waals surface area contributed by atoms with E-state index in [9.17, 15) is 0 Å². The van der Waals surface area contributed by atoms with Crippen molar-refractivity contribution in [1.82, 2.24) is 0 Å². The number of hydrogen-bond donors (Lipinski definition) is 0. The summed E-state index contributed by atoms with van der Waals surface area (Å²) in [5.41, 5.74) is 12.3. The van der Waals surface area contributed by atoms with Gasteiger partial charge in [0.1, 0.15) is 0 Å². The van der Waals surface area contributed by atoms with Gasteiger partial charge in [0.2, 0.25) is 6.71 Å². The molecule has 0 saturated carbocycles. The van der Waals surface area contributed by atoms with Crippen LogP contribution in [0.25, 0.3) is 43.4 Å². The fraction of sp³-hybridized carbons (Fsp3) is 0.105. The Morgan fingerprint density at radius 3 is 2.02 bits per heavy atom. The molecule has 0 radical (unpaired) electrons. The lowest BCUT2D eigenvalue weighted by Crippen LogP contribution is -2.55. The maximum absolute atomic E-state index is 2.55. The Morgan fingerprint density at radius 1 is 0.525 bits per heavy atom. The van der Waals surface area contributed by atoms with Crippen molar-refractivity contribution < 1.29 is 0 Å². The minimum Gasteiger partial charge on any atom is -0.311 e. The molecule has 7 aromatic rings. The second kappa shape index (κ2) is 7.55. The summed E-state index contributed by atoms with van der Waals surface area (Å²) < 4.78 is 0. The van der Waals surface area contributed by atoms with Crippen LogP contribution in [0.1, 0.15) is 26.3 Å². The van der Waals surface area contributed by atoms with E-state index in [0.717, 1.165) is 0 Å². The first-order valence-corrected chi connectivity index (χ1v) is 14.3. The Balaban J connectivity index is 1.41. The SMILES string of the molecule is CC(C)(C)c1ccc2c(c1)B1c3ccccc3-c3cccc(c31)N2c1ccc2ccc3cccc4ccc1c2c34. The average molecular weight is 509 g/mol. The standard InChI is InChI=1S/C38H28BN/c1-38(2,3)26-18-21-33-31(22-26)39-30-12-5-4-10-27(30)28-11-7-13-34(37(28)39)40(33)32-20-17-25-15-14-23-8-6-9-24-16-19-29(32)36(25)35(23)24/h4-22H,1-3H3. The smallest absolute Gasteiger partial charge is 0.248 e. The van der Waals surface area contributed by atoms with Crippen molar-refractivity contribution in [2.45, 2.75) is 26.2 Å². The van der Waals surface area contributed by atoms with Gasteiger partial charge in [0.05, 0.1) is 5.69 Å². The number of hydrogen-bond acceptors (Lipinski definition) is 1.